The van der Waals surface area contributed by atoms with Crippen LogP contribution in [0.25, 0.3) is 0 Å². The molecule has 0 radical (unpaired) electrons. The first-order valence-corrected chi connectivity index (χ1v) is 7.17. The average molecular weight is 295 g/mol. The number of methoxy groups -OCH3 is 1. The Balaban J connectivity index is 2.17. The van der Waals surface area contributed by atoms with Gasteiger partial charge in [-0.1, -0.05) is 0 Å². The summed E-state index contributed by atoms with van der Waals surface area (Å²) < 4.78 is 31.3. The van der Waals surface area contributed by atoms with Crippen molar-refractivity contribution in [2.24, 2.45) is 0 Å². The summed E-state index contributed by atoms with van der Waals surface area (Å²) in [6.07, 6.45) is 4.03. The van der Waals surface area contributed by atoms with Crippen LogP contribution < -0.4 is 14.9 Å². The molecule has 0 saturated heterocycles. The number of aromatic amines is 1. The maximum Gasteiger partial charge on any atom is 0.246 e. The lowest BCUT2D eigenvalue weighted by atomic mass is 10.3. The summed E-state index contributed by atoms with van der Waals surface area (Å²) in [5, 5.41) is 0. The summed E-state index contributed by atoms with van der Waals surface area (Å²) in [6.45, 7) is 0.0372. The van der Waals surface area contributed by atoms with Crippen LogP contribution in [0.1, 0.15) is 5.56 Å². The number of sulfonamides is 1. The molecular formula is C12H13N3O4S. The summed E-state index contributed by atoms with van der Waals surface area (Å²) >= 11 is 0. The molecule has 0 aliphatic heterocycles. The highest BCUT2D eigenvalue weighted by molar-refractivity contribution is 7.89. The predicted octanol–water partition coefficient (Wildman–Crippen LogP) is 0.257. The maximum absolute atomic E-state index is 12.0. The van der Waals surface area contributed by atoms with Crippen LogP contribution in [-0.4, -0.2) is 25.5 Å². The van der Waals surface area contributed by atoms with Crippen LogP contribution in [0, 0.1) is 0 Å². The fourth-order valence-corrected chi connectivity index (χ4v) is 2.61. The Labute approximate surface area is 115 Å². The molecule has 2 aromatic heterocycles. The Morgan fingerprint density at radius 3 is 2.90 bits per heavy atom. The number of rotatable bonds is 5. The van der Waals surface area contributed by atoms with Gasteiger partial charge in [0.15, 0.2) is 0 Å². The number of hydrogen-bond donors (Lipinski definition) is 2. The van der Waals surface area contributed by atoms with E-state index in [2.05, 4.69) is 14.7 Å². The van der Waals surface area contributed by atoms with Crippen LogP contribution in [0.5, 0.6) is 5.88 Å². The second-order valence-corrected chi connectivity index (χ2v) is 5.64. The smallest absolute Gasteiger partial charge is 0.246 e. The molecule has 2 heterocycles. The van der Waals surface area contributed by atoms with E-state index >= 15 is 0 Å². The lowest BCUT2D eigenvalue weighted by molar-refractivity contribution is 0.397. The Bertz CT molecular complexity index is 755. The van der Waals surface area contributed by atoms with Gasteiger partial charge >= 0.3 is 0 Å². The van der Waals surface area contributed by atoms with Gasteiger partial charge in [0.1, 0.15) is 4.90 Å². The van der Waals surface area contributed by atoms with E-state index in [1.54, 1.807) is 12.1 Å². The molecule has 2 aromatic rings. The van der Waals surface area contributed by atoms with Gasteiger partial charge in [0.2, 0.25) is 21.3 Å². The first kappa shape index (κ1) is 14.2. The van der Waals surface area contributed by atoms with Crippen LogP contribution >= 0.6 is 0 Å². The van der Waals surface area contributed by atoms with Crippen molar-refractivity contribution in [3.8, 4) is 5.88 Å². The third kappa shape index (κ3) is 3.22. The Morgan fingerprint density at radius 1 is 1.40 bits per heavy atom. The van der Waals surface area contributed by atoms with E-state index in [9.17, 15) is 13.2 Å². The molecule has 7 nitrogen and oxygen atoms in total. The number of ether oxygens (including phenoxy) is 1. The van der Waals surface area contributed by atoms with E-state index in [1.165, 1.54) is 19.5 Å². The molecular weight excluding hydrogens is 282 g/mol. The highest BCUT2D eigenvalue weighted by Gasteiger charge is 2.17. The zero-order valence-corrected chi connectivity index (χ0v) is 11.5. The van der Waals surface area contributed by atoms with Crippen molar-refractivity contribution >= 4 is 10.0 Å². The second kappa shape index (κ2) is 5.85. The zero-order valence-electron chi connectivity index (χ0n) is 10.7. The lowest BCUT2D eigenvalue weighted by Gasteiger charge is -2.07. The number of nitrogens with one attached hydrogen (secondary N) is 2. The van der Waals surface area contributed by atoms with Crippen LogP contribution in [0.4, 0.5) is 0 Å². The van der Waals surface area contributed by atoms with Gasteiger partial charge in [0, 0.05) is 37.3 Å². The molecule has 8 heteroatoms. The van der Waals surface area contributed by atoms with E-state index < -0.39 is 15.5 Å². The third-order valence-corrected chi connectivity index (χ3v) is 3.97. The summed E-state index contributed by atoms with van der Waals surface area (Å²) in [5.41, 5.74) is 0.108. The third-order valence-electron chi connectivity index (χ3n) is 2.55. The quantitative estimate of drug-likeness (QED) is 0.823. The molecule has 0 aliphatic rings. The molecule has 0 aliphatic carbocycles. The van der Waals surface area contributed by atoms with Crippen molar-refractivity contribution < 1.29 is 13.2 Å². The van der Waals surface area contributed by atoms with Crippen LogP contribution in [-0.2, 0) is 16.6 Å². The van der Waals surface area contributed by atoms with Gasteiger partial charge < -0.3 is 9.72 Å². The van der Waals surface area contributed by atoms with Gasteiger partial charge in [0.25, 0.3) is 0 Å². The molecule has 0 fully saturated rings. The van der Waals surface area contributed by atoms with Crippen LogP contribution in [0.15, 0.2) is 46.5 Å². The van der Waals surface area contributed by atoms with Crippen LogP contribution in [0.3, 0.4) is 0 Å². The molecule has 0 amide bonds. The molecule has 106 valence electrons. The molecule has 0 saturated carbocycles. The lowest BCUT2D eigenvalue weighted by Crippen LogP contribution is -2.28. The van der Waals surface area contributed by atoms with Crippen molar-refractivity contribution in [1.82, 2.24) is 14.7 Å². The van der Waals surface area contributed by atoms with Crippen LogP contribution in [0.2, 0.25) is 0 Å². The predicted molar refractivity (Wildman–Crippen MR) is 71.9 cm³/mol. The topological polar surface area (TPSA) is 101 Å². The number of aromatic nitrogens is 2. The minimum Gasteiger partial charge on any atom is -0.481 e. The number of hydrogen-bond acceptors (Lipinski definition) is 5. The SMILES string of the molecule is COc1cc(CNS(=O)(=O)c2c[nH]ccc2=O)ccn1. The maximum atomic E-state index is 12.0. The fraction of sp³-hybridized carbons (Fsp3) is 0.167. The Kier molecular flexibility index (Phi) is 4.16. The van der Waals surface area contributed by atoms with Crippen molar-refractivity contribution in [2.75, 3.05) is 7.11 Å². The van der Waals surface area contributed by atoms with E-state index in [0.29, 0.717) is 11.4 Å². The highest BCUT2D eigenvalue weighted by Crippen LogP contribution is 2.09. The summed E-state index contributed by atoms with van der Waals surface area (Å²) in [7, 11) is -2.39. The number of nitrogens with zero attached hydrogens (tertiary/aromatic N) is 1. The summed E-state index contributed by atoms with van der Waals surface area (Å²) in [6, 6.07) is 4.42. The molecule has 2 rings (SSSR count). The minimum absolute atomic E-state index is 0.0372. The second-order valence-electron chi connectivity index (χ2n) is 3.90. The van der Waals surface area contributed by atoms with Crippen molar-refractivity contribution in [2.45, 2.75) is 11.4 Å². The van der Waals surface area contributed by atoms with Crippen molar-refractivity contribution in [3.63, 3.8) is 0 Å². The number of pyridine rings is 2. The van der Waals surface area contributed by atoms with E-state index in [0.717, 1.165) is 12.3 Å². The fourth-order valence-electron chi connectivity index (χ4n) is 1.54. The van der Waals surface area contributed by atoms with E-state index in [-0.39, 0.29) is 11.4 Å². The van der Waals surface area contributed by atoms with E-state index in [1.807, 2.05) is 0 Å². The molecule has 0 spiro atoms. The standard InChI is InChI=1S/C12H13N3O4S/c1-19-12-6-9(2-5-14-12)7-15-20(17,18)11-8-13-4-3-10(11)16/h2-6,8,15H,7H2,1H3,(H,13,16). The van der Waals surface area contributed by atoms with E-state index in [4.69, 9.17) is 4.74 Å². The first-order chi connectivity index (χ1) is 9.53. The Hall–Kier alpha value is -2.19. The highest BCUT2D eigenvalue weighted by atomic mass is 32.2. The van der Waals surface area contributed by atoms with Gasteiger partial charge in [0.05, 0.1) is 7.11 Å². The van der Waals surface area contributed by atoms with Gasteiger partial charge in [-0.2, -0.15) is 0 Å². The molecule has 0 bridgehead atoms. The molecule has 2 N–H and O–H groups in total. The number of H-pyrrole nitrogens is 1. The summed E-state index contributed by atoms with van der Waals surface area (Å²) in [5.74, 6) is 0.388. The first-order valence-electron chi connectivity index (χ1n) is 5.68. The average Bonchev–Trinajstić information content (AvgIpc) is 2.46. The summed E-state index contributed by atoms with van der Waals surface area (Å²) in [4.78, 5) is 17.7. The minimum atomic E-state index is -3.86. The normalized spacial score (nSPS) is 11.2. The van der Waals surface area contributed by atoms with Crippen molar-refractivity contribution in [1.29, 1.82) is 0 Å². The molecule has 0 atom stereocenters. The Morgan fingerprint density at radius 2 is 2.20 bits per heavy atom. The van der Waals surface area contributed by atoms with Gasteiger partial charge in [-0.05, 0) is 11.6 Å². The van der Waals surface area contributed by atoms with Gasteiger partial charge in [-0.3, -0.25) is 4.79 Å². The monoisotopic (exact) mass is 295 g/mol. The molecule has 20 heavy (non-hydrogen) atoms. The van der Waals surface area contributed by atoms with Gasteiger partial charge in [-0.25, -0.2) is 18.1 Å². The van der Waals surface area contributed by atoms with Crippen molar-refractivity contribution in [3.05, 3.63) is 52.6 Å². The zero-order chi connectivity index (χ0) is 14.6. The van der Waals surface area contributed by atoms with Gasteiger partial charge in [-0.15, -0.1) is 0 Å². The molecule has 0 aromatic carbocycles. The molecule has 0 unspecified atom stereocenters. The largest absolute Gasteiger partial charge is 0.481 e.